The fraction of sp³-hybridized carbons (Fsp3) is 0.800. The van der Waals surface area contributed by atoms with Gasteiger partial charge in [0.2, 0.25) is 0 Å². The third-order valence-corrected chi connectivity index (χ3v) is 1.000. The monoisotopic (exact) mass is 144 g/mol. The van der Waals surface area contributed by atoms with E-state index in [9.17, 15) is 4.79 Å². The molecule has 0 bridgehead atoms. The summed E-state index contributed by atoms with van der Waals surface area (Å²) >= 11 is 0. The Hall–Kier alpha value is -1.13. The van der Waals surface area contributed by atoms with Gasteiger partial charge in [0.25, 0.3) is 0 Å². The van der Waals surface area contributed by atoms with E-state index < -0.39 is 5.97 Å². The first-order valence-corrected chi connectivity index (χ1v) is 3.06. The molecule has 0 aliphatic rings. The van der Waals surface area contributed by atoms with Crippen molar-refractivity contribution in [3.05, 3.63) is 5.53 Å². The van der Waals surface area contributed by atoms with Gasteiger partial charge in [-0.05, 0) is 13.0 Å². The number of nitrogens with zero attached hydrogens (tertiary/aromatic N) is 2. The molecule has 58 valence electrons. The van der Waals surface area contributed by atoms with E-state index >= 15 is 0 Å². The highest BCUT2D eigenvalue weighted by Crippen LogP contribution is 1.92. The second-order valence-electron chi connectivity index (χ2n) is 1.86. The van der Waals surface area contributed by atoms with E-state index in [1.54, 1.807) is 0 Å². The standard InChI is InChI=1S/C5H10N3O2/c6-8-7-4-2-1-3-5(9)10/h1-4H2,(H2-,6,7,9,10)/q-1. The van der Waals surface area contributed by atoms with Crippen LogP contribution in [0.1, 0.15) is 19.3 Å². The lowest BCUT2D eigenvalue weighted by Crippen LogP contribution is -2.06. The summed E-state index contributed by atoms with van der Waals surface area (Å²) in [4.78, 5) is 9.94. The molecule has 0 unspecified atom stereocenters. The minimum Gasteiger partial charge on any atom is -0.481 e. The van der Waals surface area contributed by atoms with Gasteiger partial charge in [-0.2, -0.15) is 0 Å². The average molecular weight is 144 g/mol. The normalized spacial score (nSPS) is 8.80. The number of rotatable bonds is 6. The summed E-state index contributed by atoms with van der Waals surface area (Å²) in [6, 6.07) is 0. The van der Waals surface area contributed by atoms with Crippen molar-refractivity contribution < 1.29 is 9.90 Å². The van der Waals surface area contributed by atoms with Crippen LogP contribution in [-0.2, 0) is 4.79 Å². The van der Waals surface area contributed by atoms with Gasteiger partial charge in [-0.1, -0.05) is 6.42 Å². The smallest absolute Gasteiger partial charge is 0.303 e. The van der Waals surface area contributed by atoms with Crippen LogP contribution in [-0.4, -0.2) is 17.6 Å². The van der Waals surface area contributed by atoms with Crippen LogP contribution in [0.5, 0.6) is 0 Å². The quantitative estimate of drug-likeness (QED) is 0.328. The van der Waals surface area contributed by atoms with Gasteiger partial charge in [-0.15, -0.1) is 0 Å². The van der Waals surface area contributed by atoms with Crippen LogP contribution in [0, 0.1) is 0 Å². The molecule has 0 fully saturated rings. The zero-order chi connectivity index (χ0) is 7.82. The number of carboxylic acid groups (broad SMARTS) is 1. The molecule has 0 aliphatic carbocycles. The van der Waals surface area contributed by atoms with Crippen LogP contribution in [0.4, 0.5) is 0 Å². The molecule has 2 N–H and O–H groups in total. The summed E-state index contributed by atoms with van der Waals surface area (Å²) < 4.78 is 0. The number of carboxylic acids is 1. The highest BCUT2D eigenvalue weighted by atomic mass is 16.4. The Balaban J connectivity index is 2.90. The second kappa shape index (κ2) is 6.00. The van der Waals surface area contributed by atoms with E-state index in [2.05, 4.69) is 10.6 Å². The van der Waals surface area contributed by atoms with E-state index in [-0.39, 0.29) is 6.42 Å². The van der Waals surface area contributed by atoms with E-state index in [0.29, 0.717) is 19.4 Å². The largest absolute Gasteiger partial charge is 0.481 e. The Morgan fingerprint density at radius 1 is 1.60 bits per heavy atom. The minimum atomic E-state index is -0.791. The maximum Gasteiger partial charge on any atom is 0.303 e. The summed E-state index contributed by atoms with van der Waals surface area (Å²) in [7, 11) is 0. The lowest BCUT2D eigenvalue weighted by molar-refractivity contribution is -0.137. The molecular formula is C5H10N3O2-. The van der Waals surface area contributed by atoms with Crippen LogP contribution in [0.2, 0.25) is 0 Å². The molecule has 0 aromatic carbocycles. The third kappa shape index (κ3) is 6.87. The van der Waals surface area contributed by atoms with Crippen LogP contribution in [0.3, 0.4) is 0 Å². The van der Waals surface area contributed by atoms with Crippen molar-refractivity contribution in [1.29, 1.82) is 0 Å². The van der Waals surface area contributed by atoms with Crippen LogP contribution in [0.15, 0.2) is 5.22 Å². The molecule has 0 aliphatic heterocycles. The molecule has 0 saturated heterocycles. The van der Waals surface area contributed by atoms with Crippen molar-refractivity contribution in [3.63, 3.8) is 0 Å². The van der Waals surface area contributed by atoms with Gasteiger partial charge in [0.1, 0.15) is 0 Å². The second-order valence-corrected chi connectivity index (χ2v) is 1.86. The molecule has 10 heavy (non-hydrogen) atoms. The molecule has 0 rings (SSSR count). The first-order valence-electron chi connectivity index (χ1n) is 3.06. The van der Waals surface area contributed by atoms with Gasteiger partial charge in [-0.25, -0.2) is 0 Å². The Bertz CT molecular complexity index is 115. The zero-order valence-electron chi connectivity index (χ0n) is 5.58. The van der Waals surface area contributed by atoms with Gasteiger partial charge in [0.05, 0.1) is 0 Å². The minimum absolute atomic E-state index is 0.174. The maximum absolute atomic E-state index is 9.94. The van der Waals surface area contributed by atoms with Crippen molar-refractivity contribution >= 4 is 5.97 Å². The van der Waals surface area contributed by atoms with Crippen LogP contribution >= 0.6 is 0 Å². The average Bonchev–Trinajstić information content (AvgIpc) is 1.87. The molecule has 0 aromatic heterocycles. The third-order valence-electron chi connectivity index (χ3n) is 1.000. The number of hydrogen-bond donors (Lipinski definition) is 2. The number of aliphatic carboxylic acids is 1. The zero-order valence-corrected chi connectivity index (χ0v) is 5.58. The van der Waals surface area contributed by atoms with E-state index in [1.807, 2.05) is 0 Å². The molecule has 0 radical (unpaired) electrons. The van der Waals surface area contributed by atoms with Crippen molar-refractivity contribution in [2.45, 2.75) is 19.3 Å². The fourth-order valence-electron chi connectivity index (χ4n) is 0.530. The lowest BCUT2D eigenvalue weighted by Gasteiger charge is -2.01. The van der Waals surface area contributed by atoms with Gasteiger partial charge < -0.3 is 16.1 Å². The van der Waals surface area contributed by atoms with E-state index in [1.165, 1.54) is 0 Å². The molecule has 0 saturated carbocycles. The summed E-state index contributed by atoms with van der Waals surface area (Å²) in [5.41, 5.74) is 10.2. The van der Waals surface area contributed by atoms with Crippen molar-refractivity contribution in [2.75, 3.05) is 6.54 Å². The SMILES string of the molecule is [N-]=NNCCCCC(=O)O. The Morgan fingerprint density at radius 3 is 2.80 bits per heavy atom. The van der Waals surface area contributed by atoms with Crippen LogP contribution in [0.25, 0.3) is 5.53 Å². The van der Waals surface area contributed by atoms with E-state index in [4.69, 9.17) is 10.6 Å². The highest BCUT2D eigenvalue weighted by molar-refractivity contribution is 5.66. The summed E-state index contributed by atoms with van der Waals surface area (Å²) in [6.45, 7) is 0.518. The molecule has 5 nitrogen and oxygen atoms in total. The fourth-order valence-corrected chi connectivity index (χ4v) is 0.530. The first kappa shape index (κ1) is 8.87. The summed E-state index contributed by atoms with van der Waals surface area (Å²) in [5.74, 6) is -0.791. The summed E-state index contributed by atoms with van der Waals surface area (Å²) in [5, 5.41) is 10.8. The highest BCUT2D eigenvalue weighted by Gasteiger charge is 1.93. The predicted octanol–water partition coefficient (Wildman–Crippen LogP) is 0.768. The van der Waals surface area contributed by atoms with E-state index in [0.717, 1.165) is 0 Å². The van der Waals surface area contributed by atoms with Gasteiger partial charge in [-0.3, -0.25) is 10.0 Å². The maximum atomic E-state index is 9.94. The van der Waals surface area contributed by atoms with Crippen LogP contribution < -0.4 is 5.43 Å². The van der Waals surface area contributed by atoms with Crippen molar-refractivity contribution in [1.82, 2.24) is 5.43 Å². The van der Waals surface area contributed by atoms with Crippen molar-refractivity contribution in [2.24, 2.45) is 5.22 Å². The predicted molar refractivity (Wildman–Crippen MR) is 35.3 cm³/mol. The molecule has 0 amide bonds. The van der Waals surface area contributed by atoms with Gasteiger partial charge in [0, 0.05) is 6.42 Å². The molecule has 0 heterocycles. The summed E-state index contributed by atoms with van der Waals surface area (Å²) in [6.07, 6.45) is 1.49. The number of nitrogens with one attached hydrogen (secondary N) is 1. The molecule has 0 atom stereocenters. The number of carbonyl (C=O) groups is 1. The van der Waals surface area contributed by atoms with Gasteiger partial charge in [0.15, 0.2) is 0 Å². The Kier molecular flexibility index (Phi) is 5.32. The van der Waals surface area contributed by atoms with Gasteiger partial charge >= 0.3 is 5.97 Å². The number of unbranched alkanes of at least 4 members (excludes halogenated alkanes) is 1. The lowest BCUT2D eigenvalue weighted by atomic mass is 10.2. The molecule has 0 aromatic rings. The Morgan fingerprint density at radius 2 is 2.30 bits per heavy atom. The Labute approximate surface area is 58.9 Å². The molecule has 5 heteroatoms. The topological polar surface area (TPSA) is 84.0 Å². The first-order chi connectivity index (χ1) is 4.77. The number of hydrogen-bond acceptors (Lipinski definition) is 2. The molecule has 0 spiro atoms. The van der Waals surface area contributed by atoms with Crippen molar-refractivity contribution in [3.8, 4) is 0 Å². The molecular weight excluding hydrogens is 134 g/mol.